The molecule has 1 fully saturated rings. The van der Waals surface area contributed by atoms with Crippen molar-refractivity contribution in [1.29, 1.82) is 0 Å². The molecule has 154 valence electrons. The summed E-state index contributed by atoms with van der Waals surface area (Å²) in [5, 5.41) is 2.28. The molecule has 0 saturated carbocycles. The number of fused-ring (bicyclic) bond motifs is 1. The Bertz CT molecular complexity index is 1050. The summed E-state index contributed by atoms with van der Waals surface area (Å²) in [5.41, 5.74) is 0.999. The number of ether oxygens (including phenoxy) is 3. The second-order valence-corrected chi connectivity index (χ2v) is 7.26. The molecule has 0 atom stereocenters. The first-order chi connectivity index (χ1) is 14.6. The van der Waals surface area contributed by atoms with Crippen LogP contribution in [0.25, 0.3) is 6.08 Å². The zero-order chi connectivity index (χ0) is 21.1. The van der Waals surface area contributed by atoms with Crippen LogP contribution in [0.2, 0.25) is 0 Å². The smallest absolute Gasteiger partial charge is 0.293 e. The molecule has 0 radical (unpaired) electrons. The summed E-state index contributed by atoms with van der Waals surface area (Å²) in [6, 6.07) is 8.48. The van der Waals surface area contributed by atoms with Crippen molar-refractivity contribution in [2.45, 2.75) is 0 Å². The quantitative estimate of drug-likeness (QED) is 0.700. The third-order valence-corrected chi connectivity index (χ3v) is 5.31. The fourth-order valence-electron chi connectivity index (χ4n) is 2.95. The number of hydrogen-bond acceptors (Lipinski definition) is 8. The lowest BCUT2D eigenvalue weighted by Gasteiger charge is -2.13. The topological polar surface area (TPSA) is 107 Å². The number of aromatic nitrogens is 1. The standard InChI is InChI=1S/C20H17N3O6S/c1-27-18-13(3-2-6-22-18)17(24)21-7-8-23-19(25)16(30-20(23)26)10-12-4-5-14-15(9-12)29-11-28-14/h2-6,9-10H,7-8,11H2,1H3,(H,21,24)/b16-10+. The van der Waals surface area contributed by atoms with Gasteiger partial charge in [0.15, 0.2) is 11.5 Å². The highest BCUT2D eigenvalue weighted by Gasteiger charge is 2.34. The highest BCUT2D eigenvalue weighted by molar-refractivity contribution is 8.18. The number of hydrogen-bond donors (Lipinski definition) is 1. The highest BCUT2D eigenvalue weighted by Crippen LogP contribution is 2.36. The van der Waals surface area contributed by atoms with Gasteiger partial charge in [-0.3, -0.25) is 19.3 Å². The Balaban J connectivity index is 1.38. The monoisotopic (exact) mass is 427 g/mol. The summed E-state index contributed by atoms with van der Waals surface area (Å²) in [6.07, 6.45) is 3.15. The first kappa shape index (κ1) is 19.8. The van der Waals surface area contributed by atoms with Crippen molar-refractivity contribution in [3.8, 4) is 17.4 Å². The van der Waals surface area contributed by atoms with Gasteiger partial charge in [0, 0.05) is 19.3 Å². The molecule has 2 aliphatic rings. The van der Waals surface area contributed by atoms with Crippen LogP contribution in [0.5, 0.6) is 17.4 Å². The molecule has 0 spiro atoms. The summed E-state index contributed by atoms with van der Waals surface area (Å²) in [4.78, 5) is 42.6. The molecular formula is C20H17N3O6S. The van der Waals surface area contributed by atoms with Crippen molar-refractivity contribution in [2.24, 2.45) is 0 Å². The molecule has 30 heavy (non-hydrogen) atoms. The van der Waals surface area contributed by atoms with Crippen molar-refractivity contribution < 1.29 is 28.6 Å². The van der Waals surface area contributed by atoms with Crippen LogP contribution in [-0.2, 0) is 4.79 Å². The van der Waals surface area contributed by atoms with Crippen LogP contribution in [0, 0.1) is 0 Å². The van der Waals surface area contributed by atoms with Gasteiger partial charge >= 0.3 is 0 Å². The maximum Gasteiger partial charge on any atom is 0.293 e. The van der Waals surface area contributed by atoms with E-state index >= 15 is 0 Å². The van der Waals surface area contributed by atoms with Crippen LogP contribution in [0.4, 0.5) is 4.79 Å². The second-order valence-electron chi connectivity index (χ2n) is 6.26. The lowest BCUT2D eigenvalue weighted by molar-refractivity contribution is -0.122. The number of imide groups is 1. The number of carbonyl (C=O) groups excluding carboxylic acids is 3. The number of nitrogens with one attached hydrogen (secondary N) is 1. The molecule has 3 heterocycles. The molecule has 1 aromatic carbocycles. The van der Waals surface area contributed by atoms with Gasteiger partial charge in [-0.05, 0) is 47.7 Å². The van der Waals surface area contributed by atoms with Crippen LogP contribution < -0.4 is 19.5 Å². The fraction of sp³-hybridized carbons (Fsp3) is 0.200. The molecule has 9 nitrogen and oxygen atoms in total. The molecule has 2 aromatic rings. The number of rotatable bonds is 6. The van der Waals surface area contributed by atoms with Crippen molar-refractivity contribution in [3.63, 3.8) is 0 Å². The van der Waals surface area contributed by atoms with Gasteiger partial charge < -0.3 is 19.5 Å². The molecule has 4 rings (SSSR count). The van der Waals surface area contributed by atoms with Crippen molar-refractivity contribution >= 4 is 34.9 Å². The Morgan fingerprint density at radius 1 is 1.30 bits per heavy atom. The third-order valence-electron chi connectivity index (χ3n) is 4.40. The van der Waals surface area contributed by atoms with Gasteiger partial charge in [0.1, 0.15) is 5.56 Å². The average Bonchev–Trinajstić information content (AvgIpc) is 3.32. The van der Waals surface area contributed by atoms with E-state index in [1.807, 2.05) is 0 Å². The lowest BCUT2D eigenvalue weighted by atomic mass is 10.2. The van der Waals surface area contributed by atoms with E-state index < -0.39 is 11.8 Å². The molecule has 10 heteroatoms. The van der Waals surface area contributed by atoms with Gasteiger partial charge in [-0.25, -0.2) is 4.98 Å². The third kappa shape index (κ3) is 3.94. The Hall–Kier alpha value is -3.53. The number of amides is 3. The molecule has 0 bridgehead atoms. The number of nitrogens with zero attached hydrogens (tertiary/aromatic N) is 2. The molecule has 1 aromatic heterocycles. The SMILES string of the molecule is COc1ncccc1C(=O)NCCN1C(=O)S/C(=C/c2ccc3c(c2)OCO3)C1=O. The van der Waals surface area contributed by atoms with Crippen molar-refractivity contribution in [1.82, 2.24) is 15.2 Å². The van der Waals surface area contributed by atoms with E-state index in [1.165, 1.54) is 13.3 Å². The predicted molar refractivity (Wildman–Crippen MR) is 108 cm³/mol. The zero-order valence-electron chi connectivity index (χ0n) is 15.9. The molecule has 2 aliphatic heterocycles. The summed E-state index contributed by atoms with van der Waals surface area (Å²) in [5.74, 6) is 0.629. The zero-order valence-corrected chi connectivity index (χ0v) is 16.7. The van der Waals surface area contributed by atoms with Crippen molar-refractivity contribution in [3.05, 3.63) is 52.6 Å². The molecule has 0 aliphatic carbocycles. The van der Waals surface area contributed by atoms with Gasteiger partial charge in [0.2, 0.25) is 12.7 Å². The normalized spacial score (nSPS) is 16.3. The van der Waals surface area contributed by atoms with Gasteiger partial charge in [-0.1, -0.05) is 6.07 Å². The predicted octanol–water partition coefficient (Wildman–Crippen LogP) is 2.29. The Morgan fingerprint density at radius 3 is 2.97 bits per heavy atom. The molecular weight excluding hydrogens is 410 g/mol. The van der Waals surface area contributed by atoms with E-state index in [0.29, 0.717) is 16.4 Å². The van der Waals surface area contributed by atoms with E-state index in [1.54, 1.807) is 36.4 Å². The van der Waals surface area contributed by atoms with Crippen LogP contribution in [0.3, 0.4) is 0 Å². The van der Waals surface area contributed by atoms with E-state index in [0.717, 1.165) is 22.2 Å². The minimum absolute atomic E-state index is 0.0530. The van der Waals surface area contributed by atoms with Gasteiger partial charge in [0.05, 0.1) is 12.0 Å². The average molecular weight is 427 g/mol. The largest absolute Gasteiger partial charge is 0.480 e. The van der Waals surface area contributed by atoms with Gasteiger partial charge in [-0.2, -0.15) is 0 Å². The van der Waals surface area contributed by atoms with Crippen LogP contribution in [0.15, 0.2) is 41.4 Å². The first-order valence-corrected chi connectivity index (χ1v) is 9.80. The number of benzene rings is 1. The van der Waals surface area contributed by atoms with Crippen molar-refractivity contribution in [2.75, 3.05) is 27.0 Å². The summed E-state index contributed by atoms with van der Waals surface area (Å²) in [6.45, 7) is 0.315. The van der Waals surface area contributed by atoms with E-state index in [4.69, 9.17) is 14.2 Å². The number of carbonyl (C=O) groups is 3. The molecule has 1 saturated heterocycles. The van der Waals surface area contributed by atoms with E-state index in [9.17, 15) is 14.4 Å². The maximum atomic E-state index is 12.6. The number of pyridine rings is 1. The Labute approximate surface area is 176 Å². The van der Waals surface area contributed by atoms with Gasteiger partial charge in [-0.15, -0.1) is 0 Å². The number of methoxy groups -OCH3 is 1. The Morgan fingerprint density at radius 2 is 2.13 bits per heavy atom. The summed E-state index contributed by atoms with van der Waals surface area (Å²) >= 11 is 0.855. The first-order valence-electron chi connectivity index (χ1n) is 8.99. The van der Waals surface area contributed by atoms with Gasteiger partial charge in [0.25, 0.3) is 17.1 Å². The van der Waals surface area contributed by atoms with Crippen LogP contribution in [-0.4, -0.2) is 53.9 Å². The minimum Gasteiger partial charge on any atom is -0.480 e. The highest BCUT2D eigenvalue weighted by atomic mass is 32.2. The lowest BCUT2D eigenvalue weighted by Crippen LogP contribution is -2.37. The maximum absolute atomic E-state index is 12.6. The second kappa shape index (κ2) is 8.46. The molecule has 1 N–H and O–H groups in total. The molecule has 0 unspecified atom stereocenters. The van der Waals surface area contributed by atoms with Crippen LogP contribution in [0.1, 0.15) is 15.9 Å². The summed E-state index contributed by atoms with van der Waals surface area (Å²) < 4.78 is 15.7. The fourth-order valence-corrected chi connectivity index (χ4v) is 3.81. The number of thioether (sulfide) groups is 1. The molecule has 3 amide bonds. The van der Waals surface area contributed by atoms with Crippen LogP contribution >= 0.6 is 11.8 Å². The Kier molecular flexibility index (Phi) is 5.57. The van der Waals surface area contributed by atoms with E-state index in [-0.39, 0.29) is 36.6 Å². The minimum atomic E-state index is -0.407. The summed E-state index contributed by atoms with van der Waals surface area (Å²) in [7, 11) is 1.42. The van der Waals surface area contributed by atoms with E-state index in [2.05, 4.69) is 10.3 Å².